The number of urea groups is 1. The second-order valence-corrected chi connectivity index (χ2v) is 6.76. The van der Waals surface area contributed by atoms with Crippen LogP contribution in [0.3, 0.4) is 0 Å². The number of hydrogen-bond acceptors (Lipinski definition) is 4. The van der Waals surface area contributed by atoms with Gasteiger partial charge >= 0.3 is 6.03 Å². The smallest absolute Gasteiger partial charge is 0.319 e. The van der Waals surface area contributed by atoms with Crippen LogP contribution in [0.25, 0.3) is 0 Å². The number of nitrogens with zero attached hydrogens (tertiary/aromatic N) is 1. The van der Waals surface area contributed by atoms with Crippen molar-refractivity contribution in [3.05, 3.63) is 47.5 Å². The van der Waals surface area contributed by atoms with E-state index in [1.54, 1.807) is 30.2 Å². The number of aryl methyl sites for hydroxylation is 2. The molecule has 3 amide bonds. The van der Waals surface area contributed by atoms with Gasteiger partial charge in [0.25, 0.3) is 0 Å². The monoisotopic (exact) mass is 383 g/mol. The van der Waals surface area contributed by atoms with Gasteiger partial charge in [-0.3, -0.25) is 4.79 Å². The first-order valence-electron chi connectivity index (χ1n) is 9.11. The number of amides is 3. The fraction of sp³-hybridized carbons (Fsp3) is 0.333. The summed E-state index contributed by atoms with van der Waals surface area (Å²) >= 11 is 0. The first-order valence-corrected chi connectivity index (χ1v) is 9.11. The van der Waals surface area contributed by atoms with E-state index in [2.05, 4.69) is 10.6 Å². The number of nitrogens with one attached hydrogen (secondary N) is 2. The highest BCUT2D eigenvalue weighted by atomic mass is 16.5. The zero-order chi connectivity index (χ0) is 20.3. The Morgan fingerprint density at radius 3 is 2.54 bits per heavy atom. The summed E-state index contributed by atoms with van der Waals surface area (Å²) in [5.41, 5.74) is 3.63. The van der Waals surface area contributed by atoms with Crippen molar-refractivity contribution in [3.63, 3.8) is 0 Å². The molecular weight excluding hydrogens is 358 g/mol. The van der Waals surface area contributed by atoms with Gasteiger partial charge in [-0.1, -0.05) is 6.07 Å². The molecule has 28 heavy (non-hydrogen) atoms. The summed E-state index contributed by atoms with van der Waals surface area (Å²) in [5.74, 6) is 0.982. The van der Waals surface area contributed by atoms with E-state index >= 15 is 0 Å². The highest BCUT2D eigenvalue weighted by Crippen LogP contribution is 2.29. The van der Waals surface area contributed by atoms with E-state index in [0.717, 1.165) is 11.3 Å². The van der Waals surface area contributed by atoms with Gasteiger partial charge in [0, 0.05) is 18.3 Å². The van der Waals surface area contributed by atoms with Gasteiger partial charge in [-0.25, -0.2) is 4.79 Å². The van der Waals surface area contributed by atoms with Gasteiger partial charge in [-0.05, 0) is 55.7 Å². The lowest BCUT2D eigenvalue weighted by Crippen LogP contribution is -2.43. The van der Waals surface area contributed by atoms with Crippen molar-refractivity contribution in [2.24, 2.45) is 0 Å². The van der Waals surface area contributed by atoms with Crippen LogP contribution in [0.1, 0.15) is 17.5 Å². The standard InChI is InChI=1S/C21H25N3O4/c1-13-5-6-15(11-14(13)2)24-10-9-17(20(24)25)22-21(26)23-18-12-16(27-3)7-8-19(18)28-4/h5-8,11-12,17H,9-10H2,1-4H3,(H2,22,23,26)/t17-/m1/s1. The predicted octanol–water partition coefficient (Wildman–Crippen LogP) is 3.25. The maximum absolute atomic E-state index is 12.8. The zero-order valence-electron chi connectivity index (χ0n) is 16.5. The van der Waals surface area contributed by atoms with Crippen LogP contribution in [0.5, 0.6) is 11.5 Å². The topological polar surface area (TPSA) is 79.9 Å². The summed E-state index contributed by atoms with van der Waals surface area (Å²) in [6.45, 7) is 4.62. The molecule has 1 aliphatic rings. The molecule has 3 rings (SSSR count). The van der Waals surface area contributed by atoms with Gasteiger partial charge in [0.05, 0.1) is 19.9 Å². The lowest BCUT2D eigenvalue weighted by atomic mass is 10.1. The Morgan fingerprint density at radius 2 is 1.86 bits per heavy atom. The predicted molar refractivity (Wildman–Crippen MR) is 108 cm³/mol. The van der Waals surface area contributed by atoms with Crippen molar-refractivity contribution in [1.82, 2.24) is 5.32 Å². The molecular formula is C21H25N3O4. The molecule has 1 heterocycles. The van der Waals surface area contributed by atoms with E-state index in [4.69, 9.17) is 9.47 Å². The highest BCUT2D eigenvalue weighted by molar-refractivity contribution is 6.02. The number of carbonyl (C=O) groups is 2. The molecule has 2 N–H and O–H groups in total. The zero-order valence-corrected chi connectivity index (χ0v) is 16.5. The molecule has 2 aromatic rings. The molecule has 0 saturated carbocycles. The summed E-state index contributed by atoms with van der Waals surface area (Å²) in [7, 11) is 3.07. The fourth-order valence-corrected chi connectivity index (χ4v) is 3.19. The number of benzene rings is 2. The minimum absolute atomic E-state index is 0.115. The lowest BCUT2D eigenvalue weighted by Gasteiger charge is -2.19. The maximum atomic E-state index is 12.8. The summed E-state index contributed by atoms with van der Waals surface area (Å²) < 4.78 is 10.4. The van der Waals surface area contributed by atoms with E-state index in [1.807, 2.05) is 32.0 Å². The first kappa shape index (κ1) is 19.5. The third-order valence-electron chi connectivity index (χ3n) is 4.97. The minimum atomic E-state index is -0.571. The molecule has 0 aromatic heterocycles. The van der Waals surface area contributed by atoms with Crippen molar-refractivity contribution in [2.45, 2.75) is 26.3 Å². The Labute approximate surface area is 164 Å². The Hall–Kier alpha value is -3.22. The van der Waals surface area contributed by atoms with Crippen LogP contribution >= 0.6 is 0 Å². The van der Waals surface area contributed by atoms with Crippen LogP contribution in [-0.2, 0) is 4.79 Å². The highest BCUT2D eigenvalue weighted by Gasteiger charge is 2.33. The molecule has 0 aliphatic carbocycles. The Morgan fingerprint density at radius 1 is 1.07 bits per heavy atom. The molecule has 1 aliphatic heterocycles. The van der Waals surface area contributed by atoms with Gasteiger partial charge in [-0.2, -0.15) is 0 Å². The van der Waals surface area contributed by atoms with Crippen LogP contribution in [-0.4, -0.2) is 38.7 Å². The van der Waals surface area contributed by atoms with Crippen molar-refractivity contribution in [1.29, 1.82) is 0 Å². The van der Waals surface area contributed by atoms with Crippen molar-refractivity contribution in [3.8, 4) is 11.5 Å². The molecule has 1 saturated heterocycles. The van der Waals surface area contributed by atoms with Gasteiger partial charge < -0.3 is 25.0 Å². The molecule has 1 fully saturated rings. The van der Waals surface area contributed by atoms with E-state index < -0.39 is 12.1 Å². The summed E-state index contributed by atoms with van der Waals surface area (Å²) in [6, 6.07) is 10.0. The molecule has 7 nitrogen and oxygen atoms in total. The molecule has 0 radical (unpaired) electrons. The van der Waals surface area contributed by atoms with Crippen LogP contribution < -0.4 is 25.0 Å². The van der Waals surface area contributed by atoms with E-state index in [9.17, 15) is 9.59 Å². The first-order chi connectivity index (χ1) is 13.4. The molecule has 1 atom stereocenters. The maximum Gasteiger partial charge on any atom is 0.319 e. The summed E-state index contributed by atoms with van der Waals surface area (Å²) in [6.07, 6.45) is 0.550. The van der Waals surface area contributed by atoms with Crippen molar-refractivity contribution in [2.75, 3.05) is 31.0 Å². The molecule has 148 valence electrons. The SMILES string of the molecule is COc1ccc(OC)c(NC(=O)N[C@@H]2CCN(c3ccc(C)c(C)c3)C2=O)c1. The number of rotatable bonds is 5. The van der Waals surface area contributed by atoms with Crippen LogP contribution in [0, 0.1) is 13.8 Å². The molecule has 7 heteroatoms. The van der Waals surface area contributed by atoms with Crippen LogP contribution in [0.4, 0.5) is 16.2 Å². The van der Waals surface area contributed by atoms with Crippen molar-refractivity contribution >= 4 is 23.3 Å². The Kier molecular flexibility index (Phi) is 5.73. The number of ether oxygens (including phenoxy) is 2. The number of methoxy groups -OCH3 is 2. The minimum Gasteiger partial charge on any atom is -0.497 e. The lowest BCUT2D eigenvalue weighted by molar-refractivity contribution is -0.118. The van der Waals surface area contributed by atoms with Gasteiger partial charge in [0.2, 0.25) is 5.91 Å². The van der Waals surface area contributed by atoms with Crippen LogP contribution in [0.2, 0.25) is 0 Å². The van der Waals surface area contributed by atoms with E-state index in [0.29, 0.717) is 30.2 Å². The summed E-state index contributed by atoms with van der Waals surface area (Å²) in [5, 5.41) is 5.48. The number of hydrogen-bond donors (Lipinski definition) is 2. The second kappa shape index (κ2) is 8.21. The fourth-order valence-electron chi connectivity index (χ4n) is 3.19. The quantitative estimate of drug-likeness (QED) is 0.831. The van der Waals surface area contributed by atoms with E-state index in [1.165, 1.54) is 12.7 Å². The van der Waals surface area contributed by atoms with Crippen molar-refractivity contribution < 1.29 is 19.1 Å². The largest absolute Gasteiger partial charge is 0.497 e. The van der Waals surface area contributed by atoms with Gasteiger partial charge in [0.1, 0.15) is 17.5 Å². The van der Waals surface area contributed by atoms with Gasteiger partial charge in [-0.15, -0.1) is 0 Å². The van der Waals surface area contributed by atoms with Crippen LogP contribution in [0.15, 0.2) is 36.4 Å². The van der Waals surface area contributed by atoms with E-state index in [-0.39, 0.29) is 5.91 Å². The third-order valence-corrected chi connectivity index (χ3v) is 4.97. The Balaban J connectivity index is 1.67. The average molecular weight is 383 g/mol. The molecule has 2 aromatic carbocycles. The normalized spacial score (nSPS) is 16.1. The Bertz CT molecular complexity index is 897. The molecule has 0 bridgehead atoms. The number of carbonyl (C=O) groups excluding carboxylic acids is 2. The molecule has 0 unspecified atom stereocenters. The average Bonchev–Trinajstić information content (AvgIpc) is 3.04. The van der Waals surface area contributed by atoms with Gasteiger partial charge in [0.15, 0.2) is 0 Å². The molecule has 0 spiro atoms. The summed E-state index contributed by atoms with van der Waals surface area (Å²) in [4.78, 5) is 26.9. The third kappa shape index (κ3) is 4.03. The second-order valence-electron chi connectivity index (χ2n) is 6.76. The number of anilines is 2.